The Kier molecular flexibility index (Phi) is 7.34. The Hall–Kier alpha value is -3.51. The molecule has 15 heteroatoms. The van der Waals surface area contributed by atoms with Crippen LogP contribution >= 0.6 is 0 Å². The van der Waals surface area contributed by atoms with Crippen molar-refractivity contribution in [1.82, 2.24) is 0 Å². The van der Waals surface area contributed by atoms with Gasteiger partial charge in [-0.15, -0.1) is 0 Å². The molecule has 40 heavy (non-hydrogen) atoms. The van der Waals surface area contributed by atoms with Gasteiger partial charge in [0.25, 0.3) is 0 Å². The monoisotopic (exact) mass is 566 g/mol. The number of aliphatic hydroxyl groups excluding tert-OH is 6. The van der Waals surface area contributed by atoms with Gasteiger partial charge in [-0.3, -0.25) is 4.79 Å². The van der Waals surface area contributed by atoms with Crippen LogP contribution in [0.3, 0.4) is 0 Å². The molecule has 1 aromatic heterocycles. The van der Waals surface area contributed by atoms with Gasteiger partial charge in [0, 0.05) is 17.7 Å². The van der Waals surface area contributed by atoms with Crippen molar-refractivity contribution in [3.05, 3.63) is 46.1 Å². The number of fused-ring (bicyclic) bond motifs is 1. The van der Waals surface area contributed by atoms with Crippen LogP contribution in [0, 0.1) is 0 Å². The van der Waals surface area contributed by atoms with Crippen molar-refractivity contribution in [1.29, 1.82) is 0 Å². The predicted octanol–water partition coefficient (Wildman–Crippen LogP) is -1.78. The van der Waals surface area contributed by atoms with E-state index < -0.39 is 101 Å². The Labute approximate surface area is 223 Å². The van der Waals surface area contributed by atoms with Crippen LogP contribution in [-0.2, 0) is 14.2 Å². The number of phenols is 4. The van der Waals surface area contributed by atoms with E-state index in [9.17, 15) is 55.9 Å². The second-order valence-corrected chi connectivity index (χ2v) is 9.49. The maximum atomic E-state index is 13.0. The first kappa shape index (κ1) is 28.0. The molecule has 3 heterocycles. The minimum absolute atomic E-state index is 0.0846. The lowest BCUT2D eigenvalue weighted by atomic mass is 9.91. The molecule has 0 bridgehead atoms. The zero-order valence-electron chi connectivity index (χ0n) is 20.3. The summed E-state index contributed by atoms with van der Waals surface area (Å²) in [5.74, 6) is -2.62. The molecule has 10 N–H and O–H groups in total. The number of ether oxygens (including phenoxy) is 3. The second-order valence-electron chi connectivity index (χ2n) is 9.49. The molecule has 2 aliphatic heterocycles. The summed E-state index contributed by atoms with van der Waals surface area (Å²) in [6, 6.07) is 5.54. The number of hydrogen-bond acceptors (Lipinski definition) is 15. The molecule has 0 spiro atoms. The highest BCUT2D eigenvalue weighted by Gasteiger charge is 2.49. The van der Waals surface area contributed by atoms with Crippen LogP contribution in [0.5, 0.6) is 23.0 Å². The van der Waals surface area contributed by atoms with E-state index in [1.165, 1.54) is 6.07 Å². The third-order valence-corrected chi connectivity index (χ3v) is 6.85. The van der Waals surface area contributed by atoms with Crippen LogP contribution < -0.4 is 5.43 Å². The highest BCUT2D eigenvalue weighted by atomic mass is 16.8. The summed E-state index contributed by atoms with van der Waals surface area (Å²) in [6.07, 6.45) is -16.1. The van der Waals surface area contributed by atoms with Crippen LogP contribution in [0.15, 0.2) is 39.5 Å². The summed E-state index contributed by atoms with van der Waals surface area (Å²) >= 11 is 0. The third-order valence-electron chi connectivity index (χ3n) is 6.85. The molecule has 216 valence electrons. The molecule has 2 aromatic carbocycles. The average Bonchev–Trinajstić information content (AvgIpc) is 2.91. The number of hydrogen-bond donors (Lipinski definition) is 10. The van der Waals surface area contributed by atoms with Gasteiger partial charge in [0.05, 0.1) is 12.2 Å². The second kappa shape index (κ2) is 10.5. The molecule has 9 atom stereocenters. The van der Waals surface area contributed by atoms with Crippen molar-refractivity contribution >= 4 is 11.0 Å². The summed E-state index contributed by atoms with van der Waals surface area (Å²) in [5.41, 5.74) is -1.50. The van der Waals surface area contributed by atoms with Crippen molar-refractivity contribution in [3.8, 4) is 34.3 Å². The summed E-state index contributed by atoms with van der Waals surface area (Å²) < 4.78 is 21.6. The first-order chi connectivity index (χ1) is 18.9. The highest BCUT2D eigenvalue weighted by Crippen LogP contribution is 2.45. The van der Waals surface area contributed by atoms with E-state index in [4.69, 9.17) is 18.6 Å². The number of rotatable bonds is 4. The van der Waals surface area contributed by atoms with Crippen LogP contribution in [0.1, 0.15) is 11.7 Å². The molecule has 2 aliphatic rings. The van der Waals surface area contributed by atoms with Crippen molar-refractivity contribution in [3.63, 3.8) is 0 Å². The van der Waals surface area contributed by atoms with Gasteiger partial charge in [-0.2, -0.15) is 0 Å². The number of phenolic OH excluding ortho intramolecular Hbond substituents is 4. The minimum atomic E-state index is -1.99. The standard InChI is InChI=1S/C25H26O15/c26-8-2-1-7(3-9(8)27)13-4-10(28)15-14(38-13)5-11(29)16(18(15)32)23-20(34)19(33)22(36)25(39-23)40-24-21(35)17(31)12(30)6-37-24/h1-5,12,17,19-27,29-36H,6H2. The maximum Gasteiger partial charge on any atom is 0.197 e. The fourth-order valence-electron chi connectivity index (χ4n) is 4.63. The van der Waals surface area contributed by atoms with Crippen molar-refractivity contribution in [2.24, 2.45) is 0 Å². The first-order valence-corrected chi connectivity index (χ1v) is 11.9. The predicted molar refractivity (Wildman–Crippen MR) is 129 cm³/mol. The molecule has 3 aromatic rings. The molecule has 0 aliphatic carbocycles. The topological polar surface area (TPSA) is 260 Å². The van der Waals surface area contributed by atoms with E-state index >= 15 is 0 Å². The van der Waals surface area contributed by atoms with Gasteiger partial charge >= 0.3 is 0 Å². The summed E-state index contributed by atoms with van der Waals surface area (Å²) in [6.45, 7) is -0.450. The Morgan fingerprint density at radius 2 is 1.45 bits per heavy atom. The van der Waals surface area contributed by atoms with Crippen LogP contribution in [0.25, 0.3) is 22.3 Å². The third kappa shape index (κ3) is 4.72. The van der Waals surface area contributed by atoms with Crippen LogP contribution in [0.2, 0.25) is 0 Å². The quantitative estimate of drug-likeness (QED) is 0.157. The maximum absolute atomic E-state index is 13.0. The van der Waals surface area contributed by atoms with Crippen molar-refractivity contribution in [2.75, 3.05) is 6.61 Å². The van der Waals surface area contributed by atoms with Crippen molar-refractivity contribution in [2.45, 2.75) is 55.3 Å². The molecular weight excluding hydrogens is 540 g/mol. The number of aromatic hydroxyl groups is 4. The molecule has 9 unspecified atom stereocenters. The number of benzene rings is 2. The molecule has 5 rings (SSSR count). The Balaban J connectivity index is 1.51. The van der Waals surface area contributed by atoms with Gasteiger partial charge in [-0.05, 0) is 18.2 Å². The highest BCUT2D eigenvalue weighted by molar-refractivity contribution is 5.88. The minimum Gasteiger partial charge on any atom is -0.507 e. The molecule has 2 fully saturated rings. The molecule has 0 radical (unpaired) electrons. The van der Waals surface area contributed by atoms with Gasteiger partial charge in [-0.25, -0.2) is 0 Å². The van der Waals surface area contributed by atoms with Crippen LogP contribution in [0.4, 0.5) is 0 Å². The Morgan fingerprint density at radius 3 is 2.15 bits per heavy atom. The zero-order valence-corrected chi connectivity index (χ0v) is 20.3. The van der Waals surface area contributed by atoms with Gasteiger partial charge in [0.15, 0.2) is 29.5 Å². The van der Waals surface area contributed by atoms with Gasteiger partial charge in [-0.1, -0.05) is 0 Å². The molecule has 15 nitrogen and oxygen atoms in total. The number of aliphatic hydroxyl groups is 6. The molecule has 0 amide bonds. The summed E-state index contributed by atoms with van der Waals surface area (Å²) in [4.78, 5) is 13.0. The molecular formula is C25H26O15. The van der Waals surface area contributed by atoms with E-state index in [2.05, 4.69) is 0 Å². The molecule has 2 saturated heterocycles. The summed E-state index contributed by atoms with van der Waals surface area (Å²) in [7, 11) is 0. The van der Waals surface area contributed by atoms with E-state index in [-0.39, 0.29) is 16.9 Å². The fraction of sp³-hybridized carbons (Fsp3) is 0.400. The van der Waals surface area contributed by atoms with E-state index in [0.717, 1.165) is 24.3 Å². The normalized spacial score (nSPS) is 32.8. The summed E-state index contributed by atoms with van der Waals surface area (Å²) in [5, 5.41) is 102. The van der Waals surface area contributed by atoms with Crippen molar-refractivity contribution < 1.29 is 69.7 Å². The lowest BCUT2D eigenvalue weighted by Crippen LogP contribution is -2.59. The SMILES string of the molecule is O=c1cc(-c2ccc(O)c(O)c2)oc2cc(O)c(C3OC(OC4OCC(O)C(O)C4O)C(O)C(O)C3O)c(O)c12. The average molecular weight is 566 g/mol. The van der Waals surface area contributed by atoms with E-state index in [1.54, 1.807) is 0 Å². The Bertz CT molecular complexity index is 1470. The smallest absolute Gasteiger partial charge is 0.197 e. The molecule has 0 saturated carbocycles. The van der Waals surface area contributed by atoms with Crippen LogP contribution in [-0.4, -0.2) is 107 Å². The largest absolute Gasteiger partial charge is 0.507 e. The zero-order chi connectivity index (χ0) is 29.0. The first-order valence-electron chi connectivity index (χ1n) is 11.9. The fourth-order valence-corrected chi connectivity index (χ4v) is 4.63. The van der Waals surface area contributed by atoms with Gasteiger partial charge in [0.2, 0.25) is 0 Å². The van der Waals surface area contributed by atoms with Gasteiger partial charge in [0.1, 0.15) is 71.0 Å². The lowest BCUT2D eigenvalue weighted by molar-refractivity contribution is -0.364. The lowest BCUT2D eigenvalue weighted by Gasteiger charge is -2.43. The van der Waals surface area contributed by atoms with E-state index in [1.807, 2.05) is 0 Å². The Morgan fingerprint density at radius 1 is 0.750 bits per heavy atom. The van der Waals surface area contributed by atoms with E-state index in [0.29, 0.717) is 0 Å². The van der Waals surface area contributed by atoms with Gasteiger partial charge < -0.3 is 69.7 Å².